The minimum Gasteiger partial charge on any atom is -0.355 e. The van der Waals surface area contributed by atoms with E-state index in [2.05, 4.69) is 15.1 Å². The lowest BCUT2D eigenvalue weighted by Gasteiger charge is -2.24. The van der Waals surface area contributed by atoms with Crippen molar-refractivity contribution in [1.29, 1.82) is 0 Å². The number of benzene rings is 1. The molecule has 9 heteroatoms. The summed E-state index contributed by atoms with van der Waals surface area (Å²) >= 11 is 0. The van der Waals surface area contributed by atoms with E-state index in [0.29, 0.717) is 26.1 Å². The molecule has 0 bridgehead atoms. The number of nitrogens with zero attached hydrogens (tertiary/aromatic N) is 3. The summed E-state index contributed by atoms with van der Waals surface area (Å²) in [6.45, 7) is 9.18. The number of carbonyl (C=O) groups is 1. The van der Waals surface area contributed by atoms with Crippen molar-refractivity contribution in [2.45, 2.75) is 39.3 Å². The Labute approximate surface area is 180 Å². The number of sulfonamides is 1. The van der Waals surface area contributed by atoms with Crippen LogP contribution in [-0.4, -0.2) is 86.5 Å². The molecule has 170 valence electrons. The average Bonchev–Trinajstić information content (AvgIpc) is 2.87. The van der Waals surface area contributed by atoms with Crippen molar-refractivity contribution in [2.75, 3.05) is 52.1 Å². The van der Waals surface area contributed by atoms with Crippen molar-refractivity contribution >= 4 is 15.9 Å². The minimum atomic E-state index is -3.23. The second-order valence-electron chi connectivity index (χ2n) is 8.20. The number of halogens is 1. The van der Waals surface area contributed by atoms with Gasteiger partial charge in [0.05, 0.1) is 12.8 Å². The lowest BCUT2D eigenvalue weighted by atomic mass is 10.2. The number of nitrogens with one attached hydrogen (secondary N) is 1. The summed E-state index contributed by atoms with van der Waals surface area (Å²) in [7, 11) is -3.23. The maximum Gasteiger partial charge on any atom is 0.234 e. The van der Waals surface area contributed by atoms with E-state index < -0.39 is 10.0 Å². The Hall–Kier alpha value is -1.55. The van der Waals surface area contributed by atoms with Gasteiger partial charge in [-0.05, 0) is 57.5 Å². The van der Waals surface area contributed by atoms with Gasteiger partial charge in [-0.25, -0.2) is 12.8 Å². The van der Waals surface area contributed by atoms with Crippen molar-refractivity contribution in [3.63, 3.8) is 0 Å². The summed E-state index contributed by atoms with van der Waals surface area (Å²) in [4.78, 5) is 16.7. The molecular weight excluding hydrogens is 407 g/mol. The fourth-order valence-corrected chi connectivity index (χ4v) is 4.94. The lowest BCUT2D eigenvalue weighted by molar-refractivity contribution is -0.122. The van der Waals surface area contributed by atoms with Gasteiger partial charge in [-0.2, -0.15) is 4.31 Å². The predicted octanol–water partition coefficient (Wildman–Crippen LogP) is 1.51. The molecule has 1 aromatic carbocycles. The van der Waals surface area contributed by atoms with Crippen molar-refractivity contribution in [2.24, 2.45) is 0 Å². The van der Waals surface area contributed by atoms with Gasteiger partial charge in [0.25, 0.3) is 0 Å². The zero-order chi connectivity index (χ0) is 22.1. The third-order valence-electron chi connectivity index (χ3n) is 5.25. The summed E-state index contributed by atoms with van der Waals surface area (Å²) in [5.74, 6) is -0.252. The van der Waals surface area contributed by atoms with E-state index in [9.17, 15) is 17.6 Å². The molecule has 30 heavy (non-hydrogen) atoms. The molecule has 1 saturated heterocycles. The summed E-state index contributed by atoms with van der Waals surface area (Å²) < 4.78 is 38.0. The van der Waals surface area contributed by atoms with E-state index in [1.165, 1.54) is 22.7 Å². The molecule has 0 aromatic heterocycles. The normalized spacial score (nSPS) is 16.7. The maximum absolute atomic E-state index is 13.1. The first-order chi connectivity index (χ1) is 14.1. The number of rotatable bonds is 10. The van der Waals surface area contributed by atoms with E-state index in [4.69, 9.17) is 0 Å². The van der Waals surface area contributed by atoms with Crippen molar-refractivity contribution in [3.8, 4) is 0 Å². The van der Waals surface area contributed by atoms with Gasteiger partial charge in [-0.1, -0.05) is 12.1 Å². The molecule has 0 radical (unpaired) electrons. The van der Waals surface area contributed by atoms with Crippen LogP contribution in [0.5, 0.6) is 0 Å². The van der Waals surface area contributed by atoms with Gasteiger partial charge in [-0.3, -0.25) is 14.6 Å². The fourth-order valence-electron chi connectivity index (χ4n) is 3.72. The Morgan fingerprint density at radius 1 is 1.13 bits per heavy atom. The third kappa shape index (κ3) is 8.67. The molecule has 2 rings (SSSR count). The van der Waals surface area contributed by atoms with Crippen molar-refractivity contribution in [1.82, 2.24) is 19.4 Å². The molecule has 1 fully saturated rings. The molecule has 1 aliphatic heterocycles. The lowest BCUT2D eigenvalue weighted by Crippen LogP contribution is -2.41. The van der Waals surface area contributed by atoms with Crippen LogP contribution in [-0.2, 0) is 21.4 Å². The van der Waals surface area contributed by atoms with Gasteiger partial charge in [-0.15, -0.1) is 0 Å². The minimum absolute atomic E-state index is 0.0302. The molecular formula is C21H35FN4O3S. The molecule has 0 aliphatic carbocycles. The van der Waals surface area contributed by atoms with Crippen LogP contribution in [0.25, 0.3) is 0 Å². The van der Waals surface area contributed by atoms with E-state index >= 15 is 0 Å². The van der Waals surface area contributed by atoms with Gasteiger partial charge < -0.3 is 5.32 Å². The average molecular weight is 443 g/mol. The highest BCUT2D eigenvalue weighted by Crippen LogP contribution is 2.10. The smallest absolute Gasteiger partial charge is 0.234 e. The molecule has 1 heterocycles. The molecule has 1 aliphatic rings. The highest BCUT2D eigenvalue weighted by molar-refractivity contribution is 7.88. The predicted molar refractivity (Wildman–Crippen MR) is 117 cm³/mol. The second kappa shape index (κ2) is 11.7. The molecule has 7 nitrogen and oxygen atoms in total. The summed E-state index contributed by atoms with van der Waals surface area (Å²) in [6, 6.07) is 6.51. The SMILES string of the molecule is CC(C)N(CCCNC(=O)CN1CCCN(Cc2ccc(F)cc2)CC1)S(C)(=O)=O. The fraction of sp³-hybridized carbons (Fsp3) is 0.667. The molecule has 0 saturated carbocycles. The Bertz CT molecular complexity index is 771. The molecule has 1 aromatic rings. The topological polar surface area (TPSA) is 73.0 Å². The molecule has 1 N–H and O–H groups in total. The quantitative estimate of drug-likeness (QED) is 0.556. The van der Waals surface area contributed by atoms with E-state index in [1.807, 2.05) is 26.0 Å². The highest BCUT2D eigenvalue weighted by Gasteiger charge is 2.20. The number of hydrogen-bond acceptors (Lipinski definition) is 5. The largest absolute Gasteiger partial charge is 0.355 e. The van der Waals surface area contributed by atoms with E-state index in [1.54, 1.807) is 0 Å². The Balaban J connectivity index is 1.68. The zero-order valence-electron chi connectivity index (χ0n) is 18.3. The van der Waals surface area contributed by atoms with E-state index in [0.717, 1.165) is 44.7 Å². The molecule has 0 spiro atoms. The number of hydrogen-bond donors (Lipinski definition) is 1. The Kier molecular flexibility index (Phi) is 9.67. The second-order valence-corrected chi connectivity index (χ2v) is 10.1. The van der Waals surface area contributed by atoms with Crippen molar-refractivity contribution < 1.29 is 17.6 Å². The standard InChI is InChI=1S/C21H35FN4O3S/c1-18(2)26(30(3,28)29)13-4-10-23-21(27)17-25-12-5-11-24(14-15-25)16-19-6-8-20(22)9-7-19/h6-9,18H,4-5,10-17H2,1-3H3,(H,23,27). The van der Waals surface area contributed by atoms with E-state index in [-0.39, 0.29) is 17.8 Å². The van der Waals surface area contributed by atoms with Gasteiger partial charge >= 0.3 is 0 Å². The molecule has 0 atom stereocenters. The zero-order valence-corrected chi connectivity index (χ0v) is 19.1. The maximum atomic E-state index is 13.1. The Morgan fingerprint density at radius 2 is 1.77 bits per heavy atom. The first-order valence-corrected chi connectivity index (χ1v) is 12.4. The van der Waals surface area contributed by atoms with Crippen LogP contribution < -0.4 is 5.32 Å². The van der Waals surface area contributed by atoms with Crippen molar-refractivity contribution in [3.05, 3.63) is 35.6 Å². The van der Waals surface area contributed by atoms with Gasteiger partial charge in [0.2, 0.25) is 15.9 Å². The number of carbonyl (C=O) groups excluding carboxylic acids is 1. The summed E-state index contributed by atoms with van der Waals surface area (Å²) in [5.41, 5.74) is 1.09. The van der Waals surface area contributed by atoms with Crippen LogP contribution in [0.4, 0.5) is 4.39 Å². The first kappa shape index (κ1) is 24.7. The summed E-state index contributed by atoms with van der Waals surface area (Å²) in [6.07, 6.45) is 2.78. The van der Waals surface area contributed by atoms with Gasteiger partial charge in [0, 0.05) is 38.8 Å². The highest BCUT2D eigenvalue weighted by atomic mass is 32.2. The van der Waals surface area contributed by atoms with Crippen LogP contribution in [0.1, 0.15) is 32.3 Å². The molecule has 1 amide bonds. The third-order valence-corrected chi connectivity index (χ3v) is 6.70. The van der Waals surface area contributed by atoms with Gasteiger partial charge in [0.1, 0.15) is 5.82 Å². The van der Waals surface area contributed by atoms with Gasteiger partial charge in [0.15, 0.2) is 0 Å². The van der Waals surface area contributed by atoms with Crippen LogP contribution >= 0.6 is 0 Å². The van der Waals surface area contributed by atoms with Crippen LogP contribution in [0.15, 0.2) is 24.3 Å². The van der Waals surface area contributed by atoms with Crippen LogP contribution in [0, 0.1) is 5.82 Å². The summed E-state index contributed by atoms with van der Waals surface area (Å²) in [5, 5.41) is 2.90. The Morgan fingerprint density at radius 3 is 2.40 bits per heavy atom. The van der Waals surface area contributed by atoms with Crippen LogP contribution in [0.3, 0.4) is 0 Å². The molecule has 0 unspecified atom stereocenters. The number of amides is 1. The van der Waals surface area contributed by atoms with Crippen LogP contribution in [0.2, 0.25) is 0 Å². The monoisotopic (exact) mass is 442 g/mol. The first-order valence-electron chi connectivity index (χ1n) is 10.6.